The van der Waals surface area contributed by atoms with Crippen molar-refractivity contribution in [3.05, 3.63) is 174 Å². The molecule has 9 rings (SSSR count). The van der Waals surface area contributed by atoms with Gasteiger partial charge in [0.25, 0.3) is 0 Å². The molecular weight excluding hydrogens is 567 g/mol. The van der Waals surface area contributed by atoms with Crippen LogP contribution < -0.4 is 4.90 Å². The summed E-state index contributed by atoms with van der Waals surface area (Å²) in [5.41, 5.74) is 12.2. The van der Waals surface area contributed by atoms with Gasteiger partial charge in [-0.05, 0) is 103 Å². The van der Waals surface area contributed by atoms with Crippen LogP contribution in [0.1, 0.15) is 55.4 Å². The molecule has 2 aliphatic carbocycles. The van der Waals surface area contributed by atoms with Crippen LogP contribution in [-0.4, -0.2) is 0 Å². The van der Waals surface area contributed by atoms with Crippen LogP contribution in [-0.2, 0) is 10.8 Å². The Morgan fingerprint density at radius 3 is 1.62 bits per heavy atom. The molecule has 226 valence electrons. The van der Waals surface area contributed by atoms with Gasteiger partial charge in [0.1, 0.15) is 0 Å². The summed E-state index contributed by atoms with van der Waals surface area (Å²) in [5, 5.41) is 1.90. The molecular formula is C46H37N. The lowest BCUT2D eigenvalue weighted by Crippen LogP contribution is -2.18. The maximum atomic E-state index is 9.87. The summed E-state index contributed by atoms with van der Waals surface area (Å²) in [4.78, 5) is 2.00. The highest BCUT2D eigenvalue weighted by Crippen LogP contribution is 2.53. The van der Waals surface area contributed by atoms with E-state index in [-0.39, 0.29) is 35.0 Å². The van der Waals surface area contributed by atoms with Gasteiger partial charge in [0.05, 0.1) is 5.48 Å². The molecule has 0 radical (unpaired) electrons. The minimum Gasteiger partial charge on any atom is -0.310 e. The van der Waals surface area contributed by atoms with Crippen molar-refractivity contribution < 1.29 is 5.48 Å². The van der Waals surface area contributed by atoms with Gasteiger partial charge in [-0.3, -0.25) is 0 Å². The first-order valence-electron chi connectivity index (χ1n) is 18.4. The van der Waals surface area contributed by atoms with E-state index in [4.69, 9.17) is 2.74 Å². The van der Waals surface area contributed by atoms with E-state index in [9.17, 15) is 2.74 Å². The van der Waals surface area contributed by atoms with E-state index in [1.165, 1.54) is 44.5 Å². The maximum Gasteiger partial charge on any atom is 0.0651 e. The molecule has 2 aliphatic rings. The lowest BCUT2D eigenvalue weighted by molar-refractivity contribution is 0.660. The number of anilines is 3. The van der Waals surface area contributed by atoms with E-state index < -0.39 is 0 Å². The van der Waals surface area contributed by atoms with Crippen molar-refractivity contribution in [2.24, 2.45) is 0 Å². The second-order valence-electron chi connectivity index (χ2n) is 13.9. The average Bonchev–Trinajstić information content (AvgIpc) is 3.51. The zero-order valence-corrected chi connectivity index (χ0v) is 27.1. The van der Waals surface area contributed by atoms with Crippen molar-refractivity contribution >= 4 is 27.8 Å². The molecule has 0 bridgehead atoms. The second-order valence-corrected chi connectivity index (χ2v) is 13.9. The fourth-order valence-corrected chi connectivity index (χ4v) is 8.09. The fraction of sp³-hybridized carbons (Fsp3) is 0.130. The quantitative estimate of drug-likeness (QED) is 0.192. The zero-order valence-electron chi connectivity index (χ0n) is 31.1. The normalized spacial score (nSPS) is 15.9. The Balaban J connectivity index is 1.33. The van der Waals surface area contributed by atoms with Crippen LogP contribution in [0.2, 0.25) is 0 Å². The number of rotatable bonds is 4. The summed E-state index contributed by atoms with van der Waals surface area (Å²) >= 11 is 0. The number of hydrogen-bond acceptors (Lipinski definition) is 1. The topological polar surface area (TPSA) is 3.24 Å². The van der Waals surface area contributed by atoms with Crippen LogP contribution in [0, 0.1) is 0 Å². The van der Waals surface area contributed by atoms with Gasteiger partial charge >= 0.3 is 0 Å². The molecule has 0 heterocycles. The Kier molecular flexibility index (Phi) is 5.10. The monoisotopic (exact) mass is 607 g/mol. The summed E-state index contributed by atoms with van der Waals surface area (Å²) in [6.07, 6.45) is 0. The number of benzene rings is 7. The molecule has 0 saturated heterocycles. The lowest BCUT2D eigenvalue weighted by Gasteiger charge is -2.30. The molecule has 0 spiro atoms. The highest BCUT2D eigenvalue weighted by Gasteiger charge is 2.37. The third-order valence-corrected chi connectivity index (χ3v) is 10.5. The minimum atomic E-state index is -0.261. The molecule has 47 heavy (non-hydrogen) atoms. The number of nitrogens with zero attached hydrogens (tertiary/aromatic N) is 1. The molecule has 0 unspecified atom stereocenters. The van der Waals surface area contributed by atoms with Crippen molar-refractivity contribution in [3.8, 4) is 33.4 Å². The summed E-state index contributed by atoms with van der Waals surface area (Å²) in [6.45, 7) is 9.01. The molecule has 7 aromatic rings. The van der Waals surface area contributed by atoms with E-state index in [2.05, 4.69) is 113 Å². The van der Waals surface area contributed by atoms with E-state index in [0.717, 1.165) is 22.1 Å². The molecule has 0 aromatic heterocycles. The number of hydrogen-bond donors (Lipinski definition) is 0. The summed E-state index contributed by atoms with van der Waals surface area (Å²) in [6, 6.07) is 43.5. The van der Waals surface area contributed by atoms with Gasteiger partial charge in [0.2, 0.25) is 0 Å². The first-order chi connectivity index (χ1) is 24.5. The smallest absolute Gasteiger partial charge is 0.0651 e. The fourth-order valence-electron chi connectivity index (χ4n) is 8.09. The SMILES string of the molecule is [2H]c1c([2H])c(-c2cccc3ccccc23)c([2H])c(N(c2ccc3c(c2)C(C)(C)c2ccccc2-3)c2ccc3c(c2)C(C)(C)c2ccccc2-3)c1[2H]. The van der Waals surface area contributed by atoms with E-state index in [1.807, 2.05) is 47.4 Å². The molecule has 0 amide bonds. The molecule has 7 aromatic carbocycles. The second kappa shape index (κ2) is 10.0. The Morgan fingerprint density at radius 2 is 0.979 bits per heavy atom. The van der Waals surface area contributed by atoms with Crippen LogP contribution in [0.4, 0.5) is 17.1 Å². The van der Waals surface area contributed by atoms with Crippen molar-refractivity contribution in [2.45, 2.75) is 38.5 Å². The van der Waals surface area contributed by atoms with E-state index in [1.54, 1.807) is 0 Å². The van der Waals surface area contributed by atoms with Gasteiger partial charge in [0.15, 0.2) is 0 Å². The largest absolute Gasteiger partial charge is 0.310 e. The number of fused-ring (bicyclic) bond motifs is 7. The molecule has 0 saturated carbocycles. The Bertz CT molecular complexity index is 2490. The van der Waals surface area contributed by atoms with E-state index >= 15 is 0 Å². The third-order valence-electron chi connectivity index (χ3n) is 10.5. The van der Waals surface area contributed by atoms with Gasteiger partial charge in [-0.2, -0.15) is 0 Å². The van der Waals surface area contributed by atoms with Crippen molar-refractivity contribution in [3.63, 3.8) is 0 Å². The highest BCUT2D eigenvalue weighted by molar-refractivity contribution is 5.98. The zero-order chi connectivity index (χ0) is 35.4. The molecule has 0 aliphatic heterocycles. The van der Waals surface area contributed by atoms with Gasteiger partial charge < -0.3 is 4.90 Å². The Labute approximate surface area is 283 Å². The standard InChI is InChI=1S/C46H37N/c1-45(2)41-21-9-7-18-37(41)39-25-23-33(28-43(39)45)47(34-24-26-40-38-19-8-10-22-42(38)46(3,4)44(40)29-34)32-16-11-15-31(27-32)36-20-12-14-30-13-5-6-17-35(30)36/h5-29H,1-4H3/i11D,15D,16D,27D. The van der Waals surface area contributed by atoms with Gasteiger partial charge in [-0.15, -0.1) is 0 Å². The first-order valence-corrected chi connectivity index (χ1v) is 16.4. The highest BCUT2D eigenvalue weighted by atomic mass is 15.1. The average molecular weight is 608 g/mol. The van der Waals surface area contributed by atoms with Crippen molar-refractivity contribution in [1.29, 1.82) is 0 Å². The summed E-state index contributed by atoms with van der Waals surface area (Å²) < 4.78 is 37.6. The van der Waals surface area contributed by atoms with Crippen LogP contribution in [0.25, 0.3) is 44.2 Å². The predicted molar refractivity (Wildman–Crippen MR) is 199 cm³/mol. The van der Waals surface area contributed by atoms with Crippen LogP contribution in [0.15, 0.2) is 152 Å². The molecule has 0 fully saturated rings. The molecule has 0 atom stereocenters. The molecule has 0 N–H and O–H groups in total. The Hall–Kier alpha value is -5.40. The van der Waals surface area contributed by atoms with Crippen LogP contribution in [0.3, 0.4) is 0 Å². The minimum absolute atomic E-state index is 0.0587. The third kappa shape index (κ3) is 4.09. The van der Waals surface area contributed by atoms with E-state index in [0.29, 0.717) is 16.8 Å². The molecule has 1 nitrogen and oxygen atoms in total. The van der Waals surface area contributed by atoms with Crippen LogP contribution in [0.5, 0.6) is 0 Å². The lowest BCUT2D eigenvalue weighted by atomic mass is 9.82. The predicted octanol–water partition coefficient (Wildman–Crippen LogP) is 12.6. The summed E-state index contributed by atoms with van der Waals surface area (Å²) in [7, 11) is 0. The molecule has 1 heteroatoms. The van der Waals surface area contributed by atoms with Crippen molar-refractivity contribution in [2.75, 3.05) is 4.90 Å². The van der Waals surface area contributed by atoms with Gasteiger partial charge in [-0.25, -0.2) is 0 Å². The van der Waals surface area contributed by atoms with Gasteiger partial charge in [-0.1, -0.05) is 143 Å². The van der Waals surface area contributed by atoms with Crippen molar-refractivity contribution in [1.82, 2.24) is 0 Å². The maximum absolute atomic E-state index is 9.87. The Morgan fingerprint density at radius 1 is 0.468 bits per heavy atom. The van der Waals surface area contributed by atoms with Crippen LogP contribution >= 0.6 is 0 Å². The van der Waals surface area contributed by atoms with Gasteiger partial charge in [0, 0.05) is 27.9 Å². The summed E-state index contributed by atoms with van der Waals surface area (Å²) in [5.74, 6) is 0. The first kappa shape index (κ1) is 23.9.